The molecule has 0 heterocycles. The topological polar surface area (TPSA) is 55.8 Å². The van der Waals surface area contributed by atoms with Crippen LogP contribution in [0.25, 0.3) is 0 Å². The molecule has 0 radical (unpaired) electrons. The van der Waals surface area contributed by atoms with Crippen LogP contribution in [0.1, 0.15) is 119 Å². The fourth-order valence-corrected chi connectivity index (χ4v) is 12.7. The van der Waals surface area contributed by atoms with Gasteiger partial charge in [-0.05, 0) is 120 Å². The molecule has 4 aromatic rings. The molecule has 0 amide bonds. The van der Waals surface area contributed by atoms with Gasteiger partial charge in [-0.25, -0.2) is 4.79 Å². The number of hydrogen-bond acceptors (Lipinski definition) is 4. The quantitative estimate of drug-likeness (QED) is 0.0837. The molecule has 3 saturated carbocycles. The second-order valence-electron chi connectivity index (χ2n) is 18.9. The Kier molecular flexibility index (Phi) is 11.7. The van der Waals surface area contributed by atoms with Gasteiger partial charge in [0.25, 0.3) is 0 Å². The summed E-state index contributed by atoms with van der Waals surface area (Å²) in [5.74, 6) is 2.80. The van der Waals surface area contributed by atoms with Gasteiger partial charge in [0.2, 0.25) is 0 Å². The molecule has 0 aromatic heterocycles. The zero-order valence-electron chi connectivity index (χ0n) is 34.7. The summed E-state index contributed by atoms with van der Waals surface area (Å²) in [6.45, 7) is 10.5. The predicted molar refractivity (Wildman–Crippen MR) is 230 cm³/mol. The first kappa shape index (κ1) is 39.8. The van der Waals surface area contributed by atoms with E-state index in [0.717, 1.165) is 68.1 Å². The Bertz CT molecular complexity index is 1860. The molecule has 4 nitrogen and oxygen atoms in total. The average molecular weight is 765 g/mol. The highest BCUT2D eigenvalue weighted by Crippen LogP contribution is 2.67. The minimum Gasteiger partial charge on any atom is -0.458 e. The lowest BCUT2D eigenvalue weighted by atomic mass is 9.47. The first-order chi connectivity index (χ1) is 27.6. The van der Waals surface area contributed by atoms with Crippen LogP contribution in [0, 0.1) is 46.3 Å². The number of fused-ring (bicyclic) bond motifs is 5. The number of aliphatic hydroxyl groups excluding tert-OH is 1. The van der Waals surface area contributed by atoms with Gasteiger partial charge in [0.15, 0.2) is 0 Å². The highest BCUT2D eigenvalue weighted by Gasteiger charge is 2.61. The summed E-state index contributed by atoms with van der Waals surface area (Å²) in [5.41, 5.74) is 5.22. The first-order valence-electron chi connectivity index (χ1n) is 22.1. The third-order valence-electron chi connectivity index (χ3n) is 15.5. The van der Waals surface area contributed by atoms with E-state index < -0.39 is 5.60 Å². The minimum absolute atomic E-state index is 0.0469. The van der Waals surface area contributed by atoms with Crippen molar-refractivity contribution in [3.63, 3.8) is 0 Å². The third kappa shape index (κ3) is 7.58. The van der Waals surface area contributed by atoms with Crippen LogP contribution in [0.4, 0.5) is 0 Å². The molecule has 300 valence electrons. The zero-order chi connectivity index (χ0) is 39.6. The highest BCUT2D eigenvalue weighted by atomic mass is 16.5. The van der Waals surface area contributed by atoms with Crippen LogP contribution in [0.15, 0.2) is 133 Å². The number of carbonyl (C=O) groups is 1. The van der Waals surface area contributed by atoms with E-state index in [1.807, 2.05) is 30.3 Å². The molecule has 8 rings (SSSR count). The monoisotopic (exact) mass is 764 g/mol. The molecule has 4 aliphatic carbocycles. The van der Waals surface area contributed by atoms with Gasteiger partial charge in [-0.15, -0.1) is 0 Å². The molecule has 4 aromatic carbocycles. The molecule has 0 bridgehead atoms. The molecule has 0 aliphatic heterocycles. The van der Waals surface area contributed by atoms with Gasteiger partial charge in [-0.2, -0.15) is 0 Å². The Labute approximate surface area is 342 Å². The van der Waals surface area contributed by atoms with Gasteiger partial charge in [-0.1, -0.05) is 161 Å². The second kappa shape index (κ2) is 16.7. The maximum atomic E-state index is 12.9. The van der Waals surface area contributed by atoms with Crippen LogP contribution in [-0.4, -0.2) is 29.9 Å². The molecule has 1 N–H and O–H groups in total. The Morgan fingerprint density at radius 3 is 1.95 bits per heavy atom. The van der Waals surface area contributed by atoms with Gasteiger partial charge < -0.3 is 14.6 Å². The number of aliphatic hydroxyl groups is 1. The van der Waals surface area contributed by atoms with Crippen molar-refractivity contribution in [1.29, 1.82) is 0 Å². The van der Waals surface area contributed by atoms with Crippen LogP contribution in [0.3, 0.4) is 0 Å². The van der Waals surface area contributed by atoms with Gasteiger partial charge >= 0.3 is 5.97 Å². The third-order valence-corrected chi connectivity index (χ3v) is 15.5. The lowest BCUT2D eigenvalue weighted by molar-refractivity contribution is -0.0639. The predicted octanol–water partition coefficient (Wildman–Crippen LogP) is 12.2. The van der Waals surface area contributed by atoms with Crippen molar-refractivity contribution in [1.82, 2.24) is 0 Å². The summed E-state index contributed by atoms with van der Waals surface area (Å²) in [5, 5.41) is 11.9. The van der Waals surface area contributed by atoms with Crippen molar-refractivity contribution >= 4 is 5.97 Å². The van der Waals surface area contributed by atoms with E-state index in [1.54, 1.807) is 0 Å². The van der Waals surface area contributed by atoms with E-state index in [1.165, 1.54) is 18.4 Å². The Morgan fingerprint density at radius 2 is 1.35 bits per heavy atom. The molecule has 0 saturated heterocycles. The summed E-state index contributed by atoms with van der Waals surface area (Å²) in [6, 6.07) is 41.5. The molecular formula is C53H64O4. The maximum Gasteiger partial charge on any atom is 0.338 e. The van der Waals surface area contributed by atoms with Crippen molar-refractivity contribution < 1.29 is 19.4 Å². The van der Waals surface area contributed by atoms with Crippen LogP contribution < -0.4 is 0 Å². The first-order valence-corrected chi connectivity index (χ1v) is 22.1. The molecule has 4 heteroatoms. The van der Waals surface area contributed by atoms with E-state index >= 15 is 0 Å². The van der Waals surface area contributed by atoms with Crippen LogP contribution in [0.5, 0.6) is 0 Å². The molecule has 10 atom stereocenters. The van der Waals surface area contributed by atoms with Crippen molar-refractivity contribution in [3.05, 3.63) is 155 Å². The number of ether oxygens (including phenoxy) is 2. The van der Waals surface area contributed by atoms with E-state index in [2.05, 4.69) is 125 Å². The summed E-state index contributed by atoms with van der Waals surface area (Å²) in [6.07, 6.45) is 12.9. The van der Waals surface area contributed by atoms with Gasteiger partial charge in [0, 0.05) is 6.42 Å². The van der Waals surface area contributed by atoms with Crippen molar-refractivity contribution in [2.24, 2.45) is 46.3 Å². The smallest absolute Gasteiger partial charge is 0.338 e. The van der Waals surface area contributed by atoms with E-state index in [0.29, 0.717) is 47.7 Å². The largest absolute Gasteiger partial charge is 0.458 e. The van der Waals surface area contributed by atoms with Gasteiger partial charge in [0.05, 0.1) is 18.3 Å². The lowest BCUT2D eigenvalue weighted by Gasteiger charge is -2.58. The molecule has 4 aliphatic rings. The minimum atomic E-state index is -0.692. The fourth-order valence-electron chi connectivity index (χ4n) is 12.7. The summed E-state index contributed by atoms with van der Waals surface area (Å²) < 4.78 is 13.2. The number of esters is 1. The van der Waals surface area contributed by atoms with Crippen molar-refractivity contribution in [3.8, 4) is 0 Å². The van der Waals surface area contributed by atoms with Crippen LogP contribution in [-0.2, 0) is 15.1 Å². The zero-order valence-corrected chi connectivity index (χ0v) is 34.7. The lowest BCUT2D eigenvalue weighted by Crippen LogP contribution is -2.51. The molecular weight excluding hydrogens is 701 g/mol. The number of allylic oxidation sites excluding steroid dienone is 1. The van der Waals surface area contributed by atoms with Crippen molar-refractivity contribution in [2.75, 3.05) is 6.61 Å². The molecule has 57 heavy (non-hydrogen) atoms. The number of benzene rings is 4. The maximum absolute atomic E-state index is 12.9. The van der Waals surface area contributed by atoms with Crippen molar-refractivity contribution in [2.45, 2.75) is 110 Å². The number of rotatable bonds is 13. The van der Waals surface area contributed by atoms with Crippen LogP contribution >= 0.6 is 0 Å². The SMILES string of the molecule is CC(CCC[C@H](C)[C@@H]1C(O)C[C@@H]2[C@H]3CC=C4C[C@H](OC(=O)c5ccccc5)CC[C@@]4(C)[C@@H]3CC[C@]21C)COC(c1ccccc1)(c1ccccc1)c1ccccc1. The van der Waals surface area contributed by atoms with Gasteiger partial charge in [-0.3, -0.25) is 0 Å². The van der Waals surface area contributed by atoms with Crippen LogP contribution in [0.2, 0.25) is 0 Å². The molecule has 3 fully saturated rings. The summed E-state index contributed by atoms with van der Waals surface area (Å²) in [7, 11) is 0. The highest BCUT2D eigenvalue weighted by molar-refractivity contribution is 5.89. The normalized spacial score (nSPS) is 30.6. The Hall–Kier alpha value is -3.99. The molecule has 0 spiro atoms. The Morgan fingerprint density at radius 1 is 0.772 bits per heavy atom. The van der Waals surface area contributed by atoms with E-state index in [-0.39, 0.29) is 29.0 Å². The summed E-state index contributed by atoms with van der Waals surface area (Å²) >= 11 is 0. The summed E-state index contributed by atoms with van der Waals surface area (Å²) in [4.78, 5) is 12.9. The van der Waals surface area contributed by atoms with E-state index in [9.17, 15) is 9.90 Å². The fraction of sp³-hybridized carbons (Fsp3) is 0.491. The van der Waals surface area contributed by atoms with Gasteiger partial charge in [0.1, 0.15) is 11.7 Å². The van der Waals surface area contributed by atoms with E-state index in [4.69, 9.17) is 9.47 Å². The number of hydrogen-bond donors (Lipinski definition) is 1. The number of carbonyl (C=O) groups excluding carboxylic acids is 1. The standard InChI is InChI=1S/C53H64O4/c1-37(36-56-53(40-22-11-6-12-23-40,41-24-13-7-14-25-41)42-26-15-8-16-27-42)18-17-19-38(2)49-48(54)35-47-45-29-28-43-34-44(57-50(55)39-20-9-5-10-21-39)30-32-51(43,3)46(45)31-33-52(47,49)4/h5-16,20-28,37-38,44-49,54H,17-19,29-36H2,1-4H3/t37?,38-,44+,45-,46+,47+,48?,49+,51+,52+/m0/s1. The molecule has 2 unspecified atom stereocenters. The second-order valence-corrected chi connectivity index (χ2v) is 18.9. The Balaban J connectivity index is 0.897. The average Bonchev–Trinajstić information content (AvgIpc) is 3.52.